The molecule has 1 aromatic carbocycles. The molecule has 4 nitrogen and oxygen atoms in total. The van der Waals surface area contributed by atoms with Gasteiger partial charge in [-0.15, -0.1) is 0 Å². The fraction of sp³-hybridized carbons (Fsp3) is 0.429. The molecule has 0 radical (unpaired) electrons. The van der Waals surface area contributed by atoms with E-state index in [1.807, 2.05) is 12.1 Å². The lowest BCUT2D eigenvalue weighted by atomic mass is 9.74. The van der Waals surface area contributed by atoms with Crippen LogP contribution in [0.1, 0.15) is 18.4 Å². The second kappa shape index (κ2) is 4.53. The predicted molar refractivity (Wildman–Crippen MR) is 71.4 cm³/mol. The van der Waals surface area contributed by atoms with Crippen molar-refractivity contribution in [2.75, 3.05) is 11.4 Å². The van der Waals surface area contributed by atoms with E-state index in [1.165, 1.54) is 0 Å². The quantitative estimate of drug-likeness (QED) is 0.904. The maximum Gasteiger partial charge on any atom is 0.306 e. The molecule has 1 aliphatic heterocycles. The number of nitrogens with zero attached hydrogens (tertiary/aromatic N) is 1. The highest BCUT2D eigenvalue weighted by atomic mass is 35.5. The molecular formula is C14H14ClNO3. The molecule has 1 fully saturated rings. The Bertz CT molecular complexity index is 552. The molecule has 1 N–H and O–H groups in total. The standard InChI is InChI=1S/C14H14ClNO3/c15-11-1-2-12-8(7-11)3-4-16(12)13(17)9-5-10(6-9)14(18)19/h1-2,7,9-10H,3-6H2,(H,18,19). The zero-order valence-electron chi connectivity index (χ0n) is 10.3. The molecule has 1 aromatic rings. The molecule has 0 saturated heterocycles. The zero-order chi connectivity index (χ0) is 13.6. The fourth-order valence-corrected chi connectivity index (χ4v) is 3.04. The van der Waals surface area contributed by atoms with Crippen molar-refractivity contribution >= 4 is 29.2 Å². The zero-order valence-corrected chi connectivity index (χ0v) is 11.1. The van der Waals surface area contributed by atoms with Gasteiger partial charge in [0.1, 0.15) is 0 Å². The fourth-order valence-electron chi connectivity index (χ4n) is 2.84. The molecule has 3 rings (SSSR count). The summed E-state index contributed by atoms with van der Waals surface area (Å²) >= 11 is 5.94. The predicted octanol–water partition coefficient (Wildman–Crippen LogP) is 2.34. The van der Waals surface area contributed by atoms with Crippen LogP contribution in [-0.4, -0.2) is 23.5 Å². The van der Waals surface area contributed by atoms with Crippen molar-refractivity contribution in [3.8, 4) is 0 Å². The van der Waals surface area contributed by atoms with Crippen LogP contribution in [0.15, 0.2) is 18.2 Å². The smallest absolute Gasteiger partial charge is 0.306 e. The van der Waals surface area contributed by atoms with Crippen LogP contribution in [0.25, 0.3) is 0 Å². The Kier molecular flexibility index (Phi) is 2.97. The second-order valence-electron chi connectivity index (χ2n) is 5.22. The minimum absolute atomic E-state index is 0.0542. The number of carbonyl (C=O) groups excluding carboxylic acids is 1. The number of carbonyl (C=O) groups is 2. The maximum atomic E-state index is 12.3. The number of anilines is 1. The van der Waals surface area contributed by atoms with Crippen molar-refractivity contribution < 1.29 is 14.7 Å². The average molecular weight is 280 g/mol. The van der Waals surface area contributed by atoms with Gasteiger partial charge in [0.05, 0.1) is 5.92 Å². The van der Waals surface area contributed by atoms with Crippen LogP contribution < -0.4 is 4.90 Å². The Labute approximate surface area is 116 Å². The first-order chi connectivity index (χ1) is 9.06. The maximum absolute atomic E-state index is 12.3. The number of carboxylic acids is 1. The lowest BCUT2D eigenvalue weighted by Gasteiger charge is -2.34. The Morgan fingerprint density at radius 2 is 2.00 bits per heavy atom. The highest BCUT2D eigenvalue weighted by Gasteiger charge is 2.41. The van der Waals surface area contributed by atoms with Gasteiger partial charge in [0.25, 0.3) is 0 Å². The van der Waals surface area contributed by atoms with Gasteiger partial charge >= 0.3 is 5.97 Å². The number of hydrogen-bond donors (Lipinski definition) is 1. The topological polar surface area (TPSA) is 57.6 Å². The molecule has 100 valence electrons. The summed E-state index contributed by atoms with van der Waals surface area (Å²) in [6.45, 7) is 0.669. The number of rotatable bonds is 2. The van der Waals surface area contributed by atoms with Crippen LogP contribution in [0, 0.1) is 11.8 Å². The number of amides is 1. The monoisotopic (exact) mass is 279 g/mol. The van der Waals surface area contributed by atoms with Crippen LogP contribution >= 0.6 is 11.6 Å². The number of hydrogen-bond acceptors (Lipinski definition) is 2. The summed E-state index contributed by atoms with van der Waals surface area (Å²) in [5, 5.41) is 9.53. The molecule has 2 aliphatic rings. The molecule has 1 saturated carbocycles. The molecule has 0 aromatic heterocycles. The highest BCUT2D eigenvalue weighted by molar-refractivity contribution is 6.30. The summed E-state index contributed by atoms with van der Waals surface area (Å²) in [6.07, 6.45) is 1.75. The van der Waals surface area contributed by atoms with Crippen LogP contribution in [0.3, 0.4) is 0 Å². The van der Waals surface area contributed by atoms with Gasteiger partial charge in [-0.3, -0.25) is 9.59 Å². The molecule has 1 heterocycles. The SMILES string of the molecule is O=C(O)C1CC(C(=O)N2CCc3cc(Cl)ccc32)C1. The van der Waals surface area contributed by atoms with E-state index in [4.69, 9.17) is 16.7 Å². The molecule has 0 bridgehead atoms. The number of halogens is 1. The lowest BCUT2D eigenvalue weighted by Crippen LogP contribution is -2.43. The van der Waals surface area contributed by atoms with Crippen molar-refractivity contribution in [3.63, 3.8) is 0 Å². The third-order valence-corrected chi connectivity index (χ3v) is 4.27. The average Bonchev–Trinajstić information content (AvgIpc) is 2.68. The van der Waals surface area contributed by atoms with E-state index in [9.17, 15) is 9.59 Å². The van der Waals surface area contributed by atoms with Crippen molar-refractivity contribution in [2.45, 2.75) is 19.3 Å². The highest BCUT2D eigenvalue weighted by Crippen LogP contribution is 2.38. The van der Waals surface area contributed by atoms with Crippen LogP contribution in [-0.2, 0) is 16.0 Å². The number of fused-ring (bicyclic) bond motifs is 1. The van der Waals surface area contributed by atoms with E-state index in [-0.39, 0.29) is 17.7 Å². The van der Waals surface area contributed by atoms with Crippen molar-refractivity contribution in [1.82, 2.24) is 0 Å². The summed E-state index contributed by atoms with van der Waals surface area (Å²) in [4.78, 5) is 24.9. The van der Waals surface area contributed by atoms with E-state index < -0.39 is 5.97 Å². The van der Waals surface area contributed by atoms with E-state index in [0.717, 1.165) is 17.7 Å². The second-order valence-corrected chi connectivity index (χ2v) is 5.65. The molecule has 19 heavy (non-hydrogen) atoms. The van der Waals surface area contributed by atoms with Crippen molar-refractivity contribution in [2.24, 2.45) is 11.8 Å². The van der Waals surface area contributed by atoms with Crippen LogP contribution in [0.4, 0.5) is 5.69 Å². The summed E-state index contributed by atoms with van der Waals surface area (Å²) in [5.41, 5.74) is 2.02. The molecule has 1 amide bonds. The van der Waals surface area contributed by atoms with Gasteiger partial charge in [-0.25, -0.2) is 0 Å². The summed E-state index contributed by atoms with van der Waals surface area (Å²) in [6, 6.07) is 5.55. The molecule has 1 aliphatic carbocycles. The van der Waals surface area contributed by atoms with E-state index in [1.54, 1.807) is 11.0 Å². The van der Waals surface area contributed by atoms with E-state index in [2.05, 4.69) is 0 Å². The first kappa shape index (κ1) is 12.5. The normalized spacial score (nSPS) is 24.8. The van der Waals surface area contributed by atoms with Gasteiger partial charge in [-0.05, 0) is 43.0 Å². The van der Waals surface area contributed by atoms with E-state index >= 15 is 0 Å². The van der Waals surface area contributed by atoms with Gasteiger partial charge in [0, 0.05) is 23.2 Å². The van der Waals surface area contributed by atoms with Crippen molar-refractivity contribution in [3.05, 3.63) is 28.8 Å². The van der Waals surface area contributed by atoms with Gasteiger partial charge in [-0.2, -0.15) is 0 Å². The minimum atomic E-state index is -0.794. The van der Waals surface area contributed by atoms with E-state index in [0.29, 0.717) is 24.4 Å². The Morgan fingerprint density at radius 3 is 2.68 bits per heavy atom. The van der Waals surface area contributed by atoms with Crippen LogP contribution in [0.5, 0.6) is 0 Å². The molecule has 0 atom stereocenters. The summed E-state index contributed by atoms with van der Waals surface area (Å²) in [5.74, 6) is -1.22. The van der Waals surface area contributed by atoms with Gasteiger partial charge < -0.3 is 10.0 Å². The lowest BCUT2D eigenvalue weighted by molar-refractivity contribution is -0.148. The largest absolute Gasteiger partial charge is 0.481 e. The van der Waals surface area contributed by atoms with Gasteiger partial charge in [0.2, 0.25) is 5.91 Å². The van der Waals surface area contributed by atoms with Gasteiger partial charge in [-0.1, -0.05) is 11.6 Å². The Balaban J connectivity index is 1.72. The first-order valence-electron chi connectivity index (χ1n) is 6.39. The first-order valence-corrected chi connectivity index (χ1v) is 6.76. The summed E-state index contributed by atoms with van der Waals surface area (Å²) < 4.78 is 0. The third-order valence-electron chi connectivity index (χ3n) is 4.04. The minimum Gasteiger partial charge on any atom is -0.481 e. The molecule has 0 unspecified atom stereocenters. The third kappa shape index (κ3) is 2.10. The number of carboxylic acid groups (broad SMARTS) is 1. The van der Waals surface area contributed by atoms with Crippen molar-refractivity contribution in [1.29, 1.82) is 0 Å². The Morgan fingerprint density at radius 1 is 1.26 bits per heavy atom. The summed E-state index contributed by atoms with van der Waals surface area (Å²) in [7, 11) is 0. The molecular weight excluding hydrogens is 266 g/mol. The Hall–Kier alpha value is -1.55. The number of benzene rings is 1. The van der Waals surface area contributed by atoms with Crippen LogP contribution in [0.2, 0.25) is 5.02 Å². The molecule has 5 heteroatoms. The molecule has 0 spiro atoms. The van der Waals surface area contributed by atoms with Gasteiger partial charge in [0.15, 0.2) is 0 Å². The number of aliphatic carboxylic acids is 1.